The van der Waals surface area contributed by atoms with Crippen molar-refractivity contribution in [3.63, 3.8) is 0 Å². The second kappa shape index (κ2) is 8.66. The van der Waals surface area contributed by atoms with Crippen LogP contribution in [0, 0.1) is 0 Å². The van der Waals surface area contributed by atoms with Gasteiger partial charge in [0.25, 0.3) is 0 Å². The van der Waals surface area contributed by atoms with Crippen LogP contribution in [-0.2, 0) is 6.54 Å². The molecule has 4 nitrogen and oxygen atoms in total. The Morgan fingerprint density at radius 1 is 0.865 bits per heavy atom. The van der Waals surface area contributed by atoms with Crippen molar-refractivity contribution >= 4 is 44.3 Å². The molecule has 7 rings (SSSR count). The Morgan fingerprint density at radius 2 is 1.54 bits per heavy atom. The van der Waals surface area contributed by atoms with Gasteiger partial charge in [0, 0.05) is 22.6 Å². The quantitative estimate of drug-likeness (QED) is 0.260. The summed E-state index contributed by atoms with van der Waals surface area (Å²) in [5, 5.41) is 13.2. The van der Waals surface area contributed by atoms with E-state index in [2.05, 4.69) is 34.9 Å². The fourth-order valence-electron chi connectivity index (χ4n) is 5.13. The van der Waals surface area contributed by atoms with Gasteiger partial charge in [-0.3, -0.25) is 4.79 Å². The third kappa shape index (κ3) is 3.71. The molecule has 0 bridgehead atoms. The Bertz CT molecular complexity index is 1830. The van der Waals surface area contributed by atoms with Crippen molar-refractivity contribution in [2.24, 2.45) is 0 Å². The summed E-state index contributed by atoms with van der Waals surface area (Å²) in [6.45, 7) is 0.614. The van der Waals surface area contributed by atoms with Crippen LogP contribution in [0.25, 0.3) is 37.6 Å². The van der Waals surface area contributed by atoms with E-state index in [4.69, 9.17) is 4.98 Å². The highest BCUT2D eigenvalue weighted by molar-refractivity contribution is 7.21. The number of carbonyl (C=O) groups is 1. The monoisotopic (exact) mass is 498 g/mol. The lowest BCUT2D eigenvalue weighted by Crippen LogP contribution is -2.05. The molecular weight excluding hydrogens is 476 g/mol. The maximum atomic E-state index is 13.5. The van der Waals surface area contributed by atoms with Gasteiger partial charge in [-0.25, -0.2) is 4.98 Å². The summed E-state index contributed by atoms with van der Waals surface area (Å²) >= 11 is 1.64. The molecule has 37 heavy (non-hydrogen) atoms. The normalized spacial score (nSPS) is 16.2. The van der Waals surface area contributed by atoms with Crippen LogP contribution in [0.15, 0.2) is 109 Å². The van der Waals surface area contributed by atoms with E-state index in [1.165, 1.54) is 0 Å². The molecule has 1 atom stereocenters. The first kappa shape index (κ1) is 21.9. The number of Topliss-reactive ketones (excluding diaryl/α,β-unsaturated/α-hetero) is 1. The van der Waals surface area contributed by atoms with Gasteiger partial charge in [-0.1, -0.05) is 84.9 Å². The molecule has 0 radical (unpaired) electrons. The zero-order chi connectivity index (χ0) is 24.9. The summed E-state index contributed by atoms with van der Waals surface area (Å²) in [6, 6.07) is 34.4. The van der Waals surface area contributed by atoms with E-state index in [9.17, 15) is 9.90 Å². The molecule has 0 fully saturated rings. The number of hydrogen-bond donors (Lipinski definition) is 1. The highest BCUT2D eigenvalue weighted by Crippen LogP contribution is 2.40. The van der Waals surface area contributed by atoms with E-state index < -0.39 is 6.10 Å². The molecule has 0 saturated carbocycles. The lowest BCUT2D eigenvalue weighted by atomic mass is 10.0. The Hall–Kier alpha value is -4.32. The van der Waals surface area contributed by atoms with Crippen LogP contribution in [0.2, 0.25) is 0 Å². The van der Waals surface area contributed by atoms with Gasteiger partial charge >= 0.3 is 0 Å². The zero-order valence-electron chi connectivity index (χ0n) is 19.8. The molecule has 0 aliphatic heterocycles. The Kier molecular flexibility index (Phi) is 5.13. The van der Waals surface area contributed by atoms with Gasteiger partial charge < -0.3 is 9.67 Å². The molecule has 1 unspecified atom stereocenters. The molecule has 2 heterocycles. The molecule has 2 aromatic heterocycles. The average Bonchev–Trinajstić information content (AvgIpc) is 3.56. The minimum Gasteiger partial charge on any atom is -0.383 e. The first-order valence-electron chi connectivity index (χ1n) is 12.2. The highest BCUT2D eigenvalue weighted by atomic mass is 32.1. The number of nitrogens with zero attached hydrogens (tertiary/aromatic N) is 2. The molecule has 0 saturated heterocycles. The third-order valence-electron chi connectivity index (χ3n) is 7.02. The van der Waals surface area contributed by atoms with Crippen LogP contribution in [0.5, 0.6) is 0 Å². The summed E-state index contributed by atoms with van der Waals surface area (Å²) in [5.41, 5.74) is 4.89. The number of rotatable bonds is 4. The predicted octanol–water partition coefficient (Wildman–Crippen LogP) is 7.28. The standard InChI is InChI=1S/C32H22N2O2S/c35-30-24-15-22-13-7-8-14-23(22)16-25(24)31(36)26(30)17-29-33-32-27(34(29)19-20-9-3-1-4-10-20)18-28(37-32)21-11-5-2-6-12-21/h1-18,30,35H,19H2/b26-17-. The van der Waals surface area contributed by atoms with Gasteiger partial charge in [0.2, 0.25) is 0 Å². The minimum absolute atomic E-state index is 0.143. The zero-order valence-corrected chi connectivity index (χ0v) is 20.7. The van der Waals surface area contributed by atoms with Crippen molar-refractivity contribution < 1.29 is 9.90 Å². The lowest BCUT2D eigenvalue weighted by Gasteiger charge is -2.09. The number of thiophene rings is 1. The van der Waals surface area contributed by atoms with Crippen molar-refractivity contribution in [1.29, 1.82) is 0 Å². The SMILES string of the molecule is O=C1/C(=C\c2nc3sc(-c4ccccc4)cc3n2Cc2ccccc2)C(O)c2cc3ccccc3cc21. The van der Waals surface area contributed by atoms with Crippen molar-refractivity contribution in [1.82, 2.24) is 9.55 Å². The van der Waals surface area contributed by atoms with Gasteiger partial charge in [0.1, 0.15) is 16.8 Å². The first-order valence-corrected chi connectivity index (χ1v) is 13.0. The van der Waals surface area contributed by atoms with Crippen LogP contribution in [-0.4, -0.2) is 20.4 Å². The van der Waals surface area contributed by atoms with E-state index in [-0.39, 0.29) is 5.78 Å². The van der Waals surface area contributed by atoms with Crippen molar-refractivity contribution in [3.05, 3.63) is 131 Å². The molecule has 0 spiro atoms. The number of aliphatic hydroxyl groups excluding tert-OH is 1. The average molecular weight is 499 g/mol. The largest absolute Gasteiger partial charge is 0.383 e. The van der Waals surface area contributed by atoms with Crippen molar-refractivity contribution in [2.45, 2.75) is 12.6 Å². The van der Waals surface area contributed by atoms with Crippen molar-refractivity contribution in [3.8, 4) is 10.4 Å². The van der Waals surface area contributed by atoms with Gasteiger partial charge in [-0.2, -0.15) is 0 Å². The summed E-state index contributed by atoms with van der Waals surface area (Å²) in [6.07, 6.45) is 0.794. The maximum absolute atomic E-state index is 13.5. The van der Waals surface area contributed by atoms with Crippen LogP contribution in [0.3, 0.4) is 0 Å². The number of ketones is 1. The first-order chi connectivity index (χ1) is 18.2. The predicted molar refractivity (Wildman–Crippen MR) is 150 cm³/mol. The van der Waals surface area contributed by atoms with Gasteiger partial charge in [-0.15, -0.1) is 11.3 Å². The Labute approximate surface area is 217 Å². The van der Waals surface area contributed by atoms with Crippen LogP contribution in [0.1, 0.15) is 33.4 Å². The second-order valence-electron chi connectivity index (χ2n) is 9.33. The number of carbonyl (C=O) groups excluding carboxylic acids is 1. The molecule has 6 aromatic rings. The molecule has 1 aliphatic rings. The smallest absolute Gasteiger partial charge is 0.192 e. The van der Waals surface area contributed by atoms with Gasteiger partial charge in [0.05, 0.1) is 5.52 Å². The molecular formula is C32H22N2O2S. The van der Waals surface area contributed by atoms with E-state index in [0.717, 1.165) is 37.1 Å². The fourth-order valence-corrected chi connectivity index (χ4v) is 6.18. The summed E-state index contributed by atoms with van der Waals surface area (Å²) in [4.78, 5) is 20.5. The Balaban J connectivity index is 1.36. The molecule has 1 aliphatic carbocycles. The Morgan fingerprint density at radius 3 is 2.30 bits per heavy atom. The maximum Gasteiger partial charge on any atom is 0.192 e. The van der Waals surface area contributed by atoms with E-state index in [1.54, 1.807) is 17.4 Å². The van der Waals surface area contributed by atoms with E-state index in [0.29, 0.717) is 29.1 Å². The fraction of sp³-hybridized carbons (Fsp3) is 0.0625. The van der Waals surface area contributed by atoms with Gasteiger partial charge in [0.15, 0.2) is 5.78 Å². The number of benzene rings is 4. The topological polar surface area (TPSA) is 55.1 Å². The van der Waals surface area contributed by atoms with Crippen LogP contribution < -0.4 is 0 Å². The molecule has 0 amide bonds. The van der Waals surface area contributed by atoms with Gasteiger partial charge in [-0.05, 0) is 51.7 Å². The minimum atomic E-state index is -0.980. The molecule has 1 N–H and O–H groups in total. The third-order valence-corrected chi connectivity index (χ3v) is 8.08. The molecule has 178 valence electrons. The highest BCUT2D eigenvalue weighted by Gasteiger charge is 2.34. The summed E-state index contributed by atoms with van der Waals surface area (Å²) < 4.78 is 2.14. The van der Waals surface area contributed by atoms with E-state index >= 15 is 0 Å². The number of fused-ring (bicyclic) bond motifs is 3. The molecule has 5 heteroatoms. The summed E-state index contributed by atoms with van der Waals surface area (Å²) in [5.74, 6) is 0.528. The number of imidazole rings is 1. The van der Waals surface area contributed by atoms with Crippen molar-refractivity contribution in [2.75, 3.05) is 0 Å². The number of aliphatic hydroxyl groups is 1. The lowest BCUT2D eigenvalue weighted by molar-refractivity contribution is 0.102. The molecule has 4 aromatic carbocycles. The summed E-state index contributed by atoms with van der Waals surface area (Å²) in [7, 11) is 0. The van der Waals surface area contributed by atoms with Crippen LogP contribution >= 0.6 is 11.3 Å². The number of aromatic nitrogens is 2. The second-order valence-corrected chi connectivity index (χ2v) is 10.4. The number of hydrogen-bond acceptors (Lipinski definition) is 4. The van der Waals surface area contributed by atoms with Crippen LogP contribution in [0.4, 0.5) is 0 Å². The van der Waals surface area contributed by atoms with E-state index in [1.807, 2.05) is 72.8 Å².